The molecule has 0 radical (unpaired) electrons. The largest absolute Gasteiger partial charge is 0.264 e. The minimum Gasteiger partial charge on any atom is -0.263 e. The van der Waals surface area contributed by atoms with E-state index in [4.69, 9.17) is 11.6 Å². The van der Waals surface area contributed by atoms with E-state index in [-0.39, 0.29) is 15.9 Å². The maximum absolute atomic E-state index is 11.8. The van der Waals surface area contributed by atoms with Gasteiger partial charge in [0.15, 0.2) is 5.82 Å². The van der Waals surface area contributed by atoms with Crippen LogP contribution in [0.1, 0.15) is 0 Å². The molecule has 0 saturated carbocycles. The van der Waals surface area contributed by atoms with E-state index in [0.29, 0.717) is 0 Å². The van der Waals surface area contributed by atoms with E-state index in [1.165, 1.54) is 36.9 Å². The van der Waals surface area contributed by atoms with E-state index in [1.54, 1.807) is 0 Å². The summed E-state index contributed by atoms with van der Waals surface area (Å²) < 4.78 is 25.9. The molecule has 0 unspecified atom stereocenters. The van der Waals surface area contributed by atoms with Crippen LogP contribution in [-0.4, -0.2) is 23.4 Å². The van der Waals surface area contributed by atoms with E-state index in [1.807, 2.05) is 0 Å². The van der Waals surface area contributed by atoms with Gasteiger partial charge in [-0.25, -0.2) is 18.4 Å². The van der Waals surface area contributed by atoms with Crippen LogP contribution in [0.15, 0.2) is 41.8 Å². The molecule has 2 aromatic heterocycles. The summed E-state index contributed by atoms with van der Waals surface area (Å²) in [4.78, 5) is 11.3. The number of aromatic nitrogens is 3. The Balaban J connectivity index is 2.27. The van der Waals surface area contributed by atoms with Gasteiger partial charge in [-0.3, -0.25) is 9.71 Å². The highest BCUT2D eigenvalue weighted by Gasteiger charge is 2.14. The summed E-state index contributed by atoms with van der Waals surface area (Å²) in [5.74, 6) is 0.0956. The molecule has 6 nitrogen and oxygen atoms in total. The second kappa shape index (κ2) is 4.64. The van der Waals surface area contributed by atoms with Gasteiger partial charge in [0.25, 0.3) is 10.0 Å². The minimum absolute atomic E-state index is 0.0525. The number of nitrogens with one attached hydrogen (secondary N) is 1. The third-order valence-electron chi connectivity index (χ3n) is 1.80. The van der Waals surface area contributed by atoms with Gasteiger partial charge in [0.05, 0.1) is 12.4 Å². The first-order chi connectivity index (χ1) is 8.08. The lowest BCUT2D eigenvalue weighted by Crippen LogP contribution is -2.14. The van der Waals surface area contributed by atoms with Crippen molar-refractivity contribution in [2.75, 3.05) is 4.72 Å². The molecular formula is C9H7ClN4O2S. The molecule has 0 aromatic carbocycles. The Kier molecular flexibility index (Phi) is 3.21. The van der Waals surface area contributed by atoms with Crippen LogP contribution >= 0.6 is 11.6 Å². The molecule has 0 spiro atoms. The van der Waals surface area contributed by atoms with Gasteiger partial charge in [-0.2, -0.15) is 0 Å². The van der Waals surface area contributed by atoms with E-state index in [9.17, 15) is 8.42 Å². The Morgan fingerprint density at radius 2 is 2.00 bits per heavy atom. The quantitative estimate of drug-likeness (QED) is 0.909. The predicted molar refractivity (Wildman–Crippen MR) is 62.1 cm³/mol. The van der Waals surface area contributed by atoms with Crippen LogP contribution in [0.4, 0.5) is 5.82 Å². The molecule has 0 bridgehead atoms. The van der Waals surface area contributed by atoms with Crippen LogP contribution in [0, 0.1) is 0 Å². The first kappa shape index (κ1) is 11.7. The monoisotopic (exact) mass is 270 g/mol. The maximum Gasteiger partial charge on any atom is 0.264 e. The van der Waals surface area contributed by atoms with E-state index in [0.717, 1.165) is 0 Å². The molecule has 0 atom stereocenters. The zero-order valence-electron chi connectivity index (χ0n) is 8.41. The summed E-state index contributed by atoms with van der Waals surface area (Å²) in [6, 6.07) is 2.96. The highest BCUT2D eigenvalue weighted by atomic mass is 35.5. The van der Waals surface area contributed by atoms with Crippen molar-refractivity contribution in [1.29, 1.82) is 0 Å². The van der Waals surface area contributed by atoms with Crippen molar-refractivity contribution in [3.05, 3.63) is 42.1 Å². The number of anilines is 1. The lowest BCUT2D eigenvalue weighted by molar-refractivity contribution is 0.600. The van der Waals surface area contributed by atoms with Crippen LogP contribution in [0.3, 0.4) is 0 Å². The molecule has 0 amide bonds. The first-order valence-electron chi connectivity index (χ1n) is 4.48. The summed E-state index contributed by atoms with van der Waals surface area (Å²) in [5.41, 5.74) is 0. The number of hydrogen-bond donors (Lipinski definition) is 1. The summed E-state index contributed by atoms with van der Waals surface area (Å²) in [7, 11) is -3.68. The zero-order chi connectivity index (χ0) is 12.3. The molecule has 0 aliphatic rings. The third-order valence-corrected chi connectivity index (χ3v) is 3.34. The predicted octanol–water partition coefficient (Wildman–Crippen LogP) is 1.33. The Morgan fingerprint density at radius 1 is 1.18 bits per heavy atom. The first-order valence-corrected chi connectivity index (χ1v) is 6.34. The van der Waals surface area contributed by atoms with Gasteiger partial charge < -0.3 is 0 Å². The van der Waals surface area contributed by atoms with Gasteiger partial charge in [0.2, 0.25) is 0 Å². The average Bonchev–Trinajstić information content (AvgIpc) is 2.33. The molecule has 2 aromatic rings. The number of sulfonamides is 1. The van der Waals surface area contributed by atoms with Crippen molar-refractivity contribution < 1.29 is 8.42 Å². The number of rotatable bonds is 3. The lowest BCUT2D eigenvalue weighted by Gasteiger charge is -2.05. The normalized spacial score (nSPS) is 11.1. The van der Waals surface area contributed by atoms with E-state index in [2.05, 4.69) is 19.7 Å². The molecule has 0 aliphatic heterocycles. The highest BCUT2D eigenvalue weighted by Crippen LogP contribution is 2.12. The Hall–Kier alpha value is -1.73. The number of hydrogen-bond acceptors (Lipinski definition) is 5. The van der Waals surface area contributed by atoms with Crippen LogP contribution in [0.5, 0.6) is 0 Å². The summed E-state index contributed by atoms with van der Waals surface area (Å²) in [5, 5.41) is 0.189. The molecule has 88 valence electrons. The minimum atomic E-state index is -3.68. The van der Waals surface area contributed by atoms with Gasteiger partial charge >= 0.3 is 0 Å². The molecule has 17 heavy (non-hydrogen) atoms. The smallest absolute Gasteiger partial charge is 0.263 e. The van der Waals surface area contributed by atoms with Crippen LogP contribution in [0.2, 0.25) is 5.15 Å². The molecule has 0 saturated heterocycles. The van der Waals surface area contributed by atoms with Gasteiger partial charge in [-0.15, -0.1) is 0 Å². The lowest BCUT2D eigenvalue weighted by atomic mass is 10.5. The highest BCUT2D eigenvalue weighted by molar-refractivity contribution is 7.92. The molecule has 2 rings (SSSR count). The standard InChI is InChI=1S/C9H7ClN4O2S/c10-8-5-13-9(6-12-8)14-17(15,16)7-2-1-3-11-4-7/h1-6H,(H,13,14). The molecule has 1 N–H and O–H groups in total. The number of pyridine rings is 1. The van der Waals surface area contributed by atoms with Crippen LogP contribution in [-0.2, 0) is 10.0 Å². The van der Waals surface area contributed by atoms with Crippen molar-refractivity contribution in [1.82, 2.24) is 15.0 Å². The van der Waals surface area contributed by atoms with Crippen molar-refractivity contribution in [2.24, 2.45) is 0 Å². The SMILES string of the molecule is O=S(=O)(Nc1cnc(Cl)cn1)c1cccnc1. The Morgan fingerprint density at radius 3 is 2.59 bits per heavy atom. The van der Waals surface area contributed by atoms with Gasteiger partial charge in [0, 0.05) is 12.4 Å². The van der Waals surface area contributed by atoms with Crippen molar-refractivity contribution in [3.63, 3.8) is 0 Å². The molecule has 8 heteroatoms. The summed E-state index contributed by atoms with van der Waals surface area (Å²) >= 11 is 5.54. The van der Waals surface area contributed by atoms with E-state index < -0.39 is 10.0 Å². The van der Waals surface area contributed by atoms with E-state index >= 15 is 0 Å². The topological polar surface area (TPSA) is 84.8 Å². The molecule has 0 aliphatic carbocycles. The fourth-order valence-electron chi connectivity index (χ4n) is 1.07. The Labute approximate surface area is 103 Å². The fourth-order valence-corrected chi connectivity index (χ4v) is 2.12. The molecule has 2 heterocycles. The van der Waals surface area contributed by atoms with Crippen LogP contribution in [0.25, 0.3) is 0 Å². The van der Waals surface area contributed by atoms with Crippen molar-refractivity contribution >= 4 is 27.4 Å². The second-order valence-electron chi connectivity index (χ2n) is 3.02. The third kappa shape index (κ3) is 2.89. The van der Waals surface area contributed by atoms with Crippen molar-refractivity contribution in [3.8, 4) is 0 Å². The average molecular weight is 271 g/mol. The van der Waals surface area contributed by atoms with Crippen LogP contribution < -0.4 is 4.72 Å². The van der Waals surface area contributed by atoms with Gasteiger partial charge in [-0.05, 0) is 12.1 Å². The van der Waals surface area contributed by atoms with Gasteiger partial charge in [0.1, 0.15) is 10.0 Å². The fraction of sp³-hybridized carbons (Fsp3) is 0. The molecular weight excluding hydrogens is 264 g/mol. The summed E-state index contributed by atoms with van der Waals surface area (Å²) in [6.45, 7) is 0. The number of halogens is 1. The van der Waals surface area contributed by atoms with Crippen molar-refractivity contribution in [2.45, 2.75) is 4.90 Å². The van der Waals surface area contributed by atoms with Gasteiger partial charge in [-0.1, -0.05) is 11.6 Å². The zero-order valence-corrected chi connectivity index (χ0v) is 9.98. The number of nitrogens with zero attached hydrogens (tertiary/aromatic N) is 3. The maximum atomic E-state index is 11.8. The Bertz CT molecular complexity index is 601. The second-order valence-corrected chi connectivity index (χ2v) is 5.09. The summed E-state index contributed by atoms with van der Waals surface area (Å²) in [6.07, 6.45) is 5.21. The molecule has 0 fully saturated rings.